The Balaban J connectivity index is 1.89. The predicted molar refractivity (Wildman–Crippen MR) is 88.4 cm³/mol. The predicted octanol–water partition coefficient (Wildman–Crippen LogP) is 2.57. The van der Waals surface area contributed by atoms with E-state index < -0.39 is 12.7 Å². The smallest absolute Gasteiger partial charge is 0.352 e. The van der Waals surface area contributed by atoms with Crippen LogP contribution in [0.3, 0.4) is 0 Å². The monoisotopic (exact) mass is 357 g/mol. The van der Waals surface area contributed by atoms with E-state index in [1.165, 1.54) is 11.8 Å². The van der Waals surface area contributed by atoms with Gasteiger partial charge in [-0.15, -0.1) is 0 Å². The van der Waals surface area contributed by atoms with Crippen molar-refractivity contribution in [3.8, 4) is 0 Å². The highest BCUT2D eigenvalue weighted by Crippen LogP contribution is 2.22. The summed E-state index contributed by atoms with van der Waals surface area (Å²) in [7, 11) is 0. The Morgan fingerprint density at radius 1 is 1.32 bits per heavy atom. The van der Waals surface area contributed by atoms with Crippen LogP contribution in [-0.2, 0) is 4.79 Å². The number of amides is 2. The third kappa shape index (κ3) is 6.04. The van der Waals surface area contributed by atoms with Gasteiger partial charge in [0.15, 0.2) is 0 Å². The average molecular weight is 357 g/mol. The maximum Gasteiger partial charge on any atom is 0.401 e. The molecule has 2 rings (SSSR count). The molecule has 1 atom stereocenters. The largest absolute Gasteiger partial charge is 0.401 e. The summed E-state index contributed by atoms with van der Waals surface area (Å²) in [6.45, 7) is 3.30. The van der Waals surface area contributed by atoms with Crippen LogP contribution in [-0.4, -0.2) is 49.1 Å². The van der Waals surface area contributed by atoms with Crippen molar-refractivity contribution in [2.24, 2.45) is 5.92 Å². The number of anilines is 1. The minimum Gasteiger partial charge on any atom is -0.352 e. The van der Waals surface area contributed by atoms with Crippen molar-refractivity contribution in [2.45, 2.75) is 26.4 Å². The minimum absolute atomic E-state index is 0.00475. The van der Waals surface area contributed by atoms with Crippen LogP contribution >= 0.6 is 0 Å². The number of nitrogens with zero attached hydrogens (tertiary/aromatic N) is 1. The fraction of sp³-hybridized carbons (Fsp3) is 0.529. The molecule has 8 heteroatoms. The lowest BCUT2D eigenvalue weighted by molar-refractivity contribution is -0.143. The van der Waals surface area contributed by atoms with Crippen molar-refractivity contribution < 1.29 is 22.8 Å². The van der Waals surface area contributed by atoms with Gasteiger partial charge >= 0.3 is 6.18 Å². The zero-order chi connectivity index (χ0) is 18.6. The van der Waals surface area contributed by atoms with Crippen LogP contribution in [0.1, 0.15) is 29.3 Å². The van der Waals surface area contributed by atoms with Crippen LogP contribution in [0.2, 0.25) is 0 Å². The van der Waals surface area contributed by atoms with Crippen molar-refractivity contribution in [1.29, 1.82) is 0 Å². The Bertz CT molecular complexity index is 647. The molecule has 0 bridgehead atoms. The van der Waals surface area contributed by atoms with E-state index in [4.69, 9.17) is 0 Å². The number of carbonyl (C=O) groups excluding carboxylic acids is 2. The molecule has 2 N–H and O–H groups in total. The highest BCUT2D eigenvalue weighted by atomic mass is 19.4. The molecular formula is C17H22F3N3O2. The third-order valence-electron chi connectivity index (χ3n) is 4.13. The van der Waals surface area contributed by atoms with Crippen LogP contribution in [0.15, 0.2) is 18.2 Å². The highest BCUT2D eigenvalue weighted by molar-refractivity contribution is 5.98. The molecule has 5 nitrogen and oxygen atoms in total. The molecule has 1 aliphatic rings. The van der Waals surface area contributed by atoms with Crippen LogP contribution in [0.5, 0.6) is 0 Å². The van der Waals surface area contributed by atoms with E-state index in [1.54, 1.807) is 25.1 Å². The minimum atomic E-state index is -4.20. The molecule has 0 aromatic heterocycles. The summed E-state index contributed by atoms with van der Waals surface area (Å²) in [6, 6.07) is 5.04. The summed E-state index contributed by atoms with van der Waals surface area (Å²) < 4.78 is 37.2. The first-order valence-electron chi connectivity index (χ1n) is 8.09. The van der Waals surface area contributed by atoms with E-state index in [9.17, 15) is 22.8 Å². The van der Waals surface area contributed by atoms with Crippen molar-refractivity contribution >= 4 is 17.5 Å². The van der Waals surface area contributed by atoms with E-state index in [1.807, 2.05) is 0 Å². The molecule has 25 heavy (non-hydrogen) atoms. The first-order chi connectivity index (χ1) is 11.6. The van der Waals surface area contributed by atoms with Crippen molar-refractivity contribution in [1.82, 2.24) is 10.2 Å². The number of halogens is 3. The first kappa shape index (κ1) is 19.2. The van der Waals surface area contributed by atoms with Crippen LogP contribution in [0.25, 0.3) is 0 Å². The molecule has 1 aromatic carbocycles. The van der Waals surface area contributed by atoms with Gasteiger partial charge in [0.2, 0.25) is 5.91 Å². The lowest BCUT2D eigenvalue weighted by Crippen LogP contribution is -2.34. The third-order valence-corrected chi connectivity index (χ3v) is 4.13. The maximum absolute atomic E-state index is 12.4. The summed E-state index contributed by atoms with van der Waals surface area (Å²) in [4.78, 5) is 24.8. The number of nitrogens with one attached hydrogen (secondary N) is 2. The summed E-state index contributed by atoms with van der Waals surface area (Å²) in [5.41, 5.74) is 1.73. The summed E-state index contributed by atoms with van der Waals surface area (Å²) in [5, 5.41) is 5.41. The van der Waals surface area contributed by atoms with Gasteiger partial charge in [0, 0.05) is 31.3 Å². The molecule has 0 saturated carbocycles. The van der Waals surface area contributed by atoms with Gasteiger partial charge in [-0.25, -0.2) is 0 Å². The molecule has 0 radical (unpaired) electrons. The summed E-state index contributed by atoms with van der Waals surface area (Å²) in [5.74, 6) is -0.518. The Morgan fingerprint density at radius 2 is 2.04 bits per heavy atom. The number of likely N-dealkylation sites (tertiary alicyclic amines) is 1. The standard InChI is InChI=1S/C17H22F3N3O2/c1-11-3-4-14(22-12(2)24)7-15(11)16(25)21-8-13-5-6-23(9-13)10-17(18,19)20/h3-4,7,13H,5-6,8-10H2,1-2H3,(H,21,25)(H,22,24). The normalized spacial score (nSPS) is 18.2. The lowest BCUT2D eigenvalue weighted by atomic mass is 10.1. The number of aryl methyl sites for hydroxylation is 1. The summed E-state index contributed by atoms with van der Waals surface area (Å²) >= 11 is 0. The lowest BCUT2D eigenvalue weighted by Gasteiger charge is -2.18. The topological polar surface area (TPSA) is 61.4 Å². The molecule has 1 heterocycles. The van der Waals surface area contributed by atoms with E-state index in [2.05, 4.69) is 10.6 Å². The van der Waals surface area contributed by atoms with Crippen molar-refractivity contribution in [2.75, 3.05) is 31.5 Å². The van der Waals surface area contributed by atoms with Crippen molar-refractivity contribution in [3.05, 3.63) is 29.3 Å². The first-order valence-corrected chi connectivity index (χ1v) is 8.09. The molecule has 138 valence electrons. The highest BCUT2D eigenvalue weighted by Gasteiger charge is 2.34. The second-order valence-corrected chi connectivity index (χ2v) is 6.43. The Kier molecular flexibility index (Phi) is 6.05. The number of rotatable bonds is 5. The fourth-order valence-electron chi connectivity index (χ4n) is 2.96. The molecule has 0 spiro atoms. The number of benzene rings is 1. The van der Waals surface area contributed by atoms with E-state index in [0.29, 0.717) is 37.3 Å². The number of hydrogen-bond acceptors (Lipinski definition) is 3. The quantitative estimate of drug-likeness (QED) is 0.851. The number of carbonyl (C=O) groups is 2. The molecule has 1 aromatic rings. The Hall–Kier alpha value is -2.09. The average Bonchev–Trinajstić information content (AvgIpc) is 2.91. The zero-order valence-electron chi connectivity index (χ0n) is 14.2. The second kappa shape index (κ2) is 7.86. The molecule has 1 fully saturated rings. The SMILES string of the molecule is CC(=O)Nc1ccc(C)c(C(=O)NCC2CCN(CC(F)(F)F)C2)c1. The van der Waals surface area contributed by atoms with Gasteiger partial charge in [-0.2, -0.15) is 13.2 Å². The summed E-state index contributed by atoms with van der Waals surface area (Å²) in [6.07, 6.45) is -3.57. The van der Waals surface area contributed by atoms with E-state index in [-0.39, 0.29) is 17.7 Å². The van der Waals surface area contributed by atoms with Gasteiger partial charge in [0.05, 0.1) is 6.54 Å². The second-order valence-electron chi connectivity index (χ2n) is 6.43. The number of alkyl halides is 3. The molecule has 1 aliphatic heterocycles. The molecule has 1 saturated heterocycles. The Labute approximate surface area is 144 Å². The maximum atomic E-state index is 12.4. The van der Waals surface area contributed by atoms with Crippen LogP contribution in [0, 0.1) is 12.8 Å². The molecular weight excluding hydrogens is 335 g/mol. The molecule has 2 amide bonds. The Morgan fingerprint density at radius 3 is 2.68 bits per heavy atom. The zero-order valence-corrected chi connectivity index (χ0v) is 14.2. The van der Waals surface area contributed by atoms with E-state index in [0.717, 1.165) is 5.56 Å². The number of hydrogen-bond donors (Lipinski definition) is 2. The molecule has 0 aliphatic carbocycles. The van der Waals surface area contributed by atoms with E-state index >= 15 is 0 Å². The van der Waals surface area contributed by atoms with Gasteiger partial charge in [-0.05, 0) is 43.5 Å². The van der Waals surface area contributed by atoms with Gasteiger partial charge in [0.1, 0.15) is 0 Å². The molecule has 1 unspecified atom stereocenters. The van der Waals surface area contributed by atoms with Crippen LogP contribution < -0.4 is 10.6 Å². The van der Waals surface area contributed by atoms with Gasteiger partial charge in [-0.1, -0.05) is 6.07 Å². The van der Waals surface area contributed by atoms with Gasteiger partial charge in [0.25, 0.3) is 5.91 Å². The van der Waals surface area contributed by atoms with Gasteiger partial charge in [-0.3, -0.25) is 14.5 Å². The van der Waals surface area contributed by atoms with Crippen molar-refractivity contribution in [3.63, 3.8) is 0 Å². The fourth-order valence-corrected chi connectivity index (χ4v) is 2.96. The van der Waals surface area contributed by atoms with Gasteiger partial charge < -0.3 is 10.6 Å². The van der Waals surface area contributed by atoms with Crippen LogP contribution in [0.4, 0.5) is 18.9 Å².